The number of carbonyl (C=O) groups is 2. The summed E-state index contributed by atoms with van der Waals surface area (Å²) in [7, 11) is 0. The van der Waals surface area contributed by atoms with Gasteiger partial charge >= 0.3 is 11.9 Å². The van der Waals surface area contributed by atoms with Crippen molar-refractivity contribution in [3.05, 3.63) is 0 Å². The fraction of sp³-hybridized carbons (Fsp3) is 0.833. The van der Waals surface area contributed by atoms with Gasteiger partial charge in [-0.1, -0.05) is 0 Å². The maximum Gasteiger partial charge on any atom is 0.322 e. The molecule has 0 saturated carbocycles. The normalized spacial score (nSPS) is 11.9. The Bertz CT molecular complexity index is 248. The highest BCUT2D eigenvalue weighted by Gasteiger charge is 2.13. The van der Waals surface area contributed by atoms with Crippen molar-refractivity contribution in [1.82, 2.24) is 0 Å². The van der Waals surface area contributed by atoms with Crippen molar-refractivity contribution in [2.24, 2.45) is 5.73 Å². The van der Waals surface area contributed by atoms with Crippen LogP contribution in [0.4, 0.5) is 0 Å². The summed E-state index contributed by atoms with van der Waals surface area (Å²) in [6.45, 7) is 4.34. The first kappa shape index (κ1) is 17.2. The van der Waals surface area contributed by atoms with Crippen LogP contribution in [0.1, 0.15) is 33.1 Å². The third-order valence-electron chi connectivity index (χ3n) is 2.15. The molecule has 0 spiro atoms. The Kier molecular flexibility index (Phi) is 10.9. The summed E-state index contributed by atoms with van der Waals surface area (Å²) in [4.78, 5) is 22.2. The van der Waals surface area contributed by atoms with Crippen molar-refractivity contribution in [1.29, 1.82) is 0 Å². The lowest BCUT2D eigenvalue weighted by Crippen LogP contribution is -2.32. The van der Waals surface area contributed by atoms with Gasteiger partial charge in [-0.15, -0.1) is 0 Å². The number of carbonyl (C=O) groups excluding carboxylic acids is 2. The second-order valence-corrected chi connectivity index (χ2v) is 4.89. The molecule has 0 rings (SSSR count). The van der Waals surface area contributed by atoms with Crippen LogP contribution in [0.5, 0.6) is 0 Å². The van der Waals surface area contributed by atoms with Crippen LogP contribution < -0.4 is 5.73 Å². The van der Waals surface area contributed by atoms with Crippen molar-refractivity contribution in [2.45, 2.75) is 39.2 Å². The van der Waals surface area contributed by atoms with E-state index in [4.69, 9.17) is 15.2 Å². The average molecular weight is 277 g/mol. The molecular weight excluding hydrogens is 254 g/mol. The van der Waals surface area contributed by atoms with Crippen molar-refractivity contribution in [3.63, 3.8) is 0 Å². The molecular formula is C12H23NO4S. The monoisotopic (exact) mass is 277 g/mol. The zero-order chi connectivity index (χ0) is 13.8. The van der Waals surface area contributed by atoms with Gasteiger partial charge in [0.2, 0.25) is 0 Å². The first-order valence-electron chi connectivity index (χ1n) is 6.27. The van der Waals surface area contributed by atoms with E-state index < -0.39 is 6.04 Å². The lowest BCUT2D eigenvalue weighted by atomic mass is 10.2. The number of thioether (sulfide) groups is 1. The van der Waals surface area contributed by atoms with E-state index in [0.29, 0.717) is 26.1 Å². The van der Waals surface area contributed by atoms with E-state index in [1.54, 1.807) is 25.6 Å². The number of rotatable bonds is 10. The average Bonchev–Trinajstić information content (AvgIpc) is 2.33. The molecule has 6 heteroatoms. The van der Waals surface area contributed by atoms with Gasteiger partial charge in [0, 0.05) is 5.75 Å². The summed E-state index contributed by atoms with van der Waals surface area (Å²) in [6.07, 6.45) is 1.89. The molecule has 0 aromatic rings. The van der Waals surface area contributed by atoms with Gasteiger partial charge in [-0.25, -0.2) is 0 Å². The number of nitrogens with two attached hydrogens (primary N) is 1. The Balaban J connectivity index is 3.40. The van der Waals surface area contributed by atoms with Crippen molar-refractivity contribution >= 4 is 23.7 Å². The largest absolute Gasteiger partial charge is 0.466 e. The lowest BCUT2D eigenvalue weighted by Gasteiger charge is -2.09. The first-order chi connectivity index (χ1) is 8.61. The smallest absolute Gasteiger partial charge is 0.322 e. The third-order valence-corrected chi connectivity index (χ3v) is 3.22. The SMILES string of the molecule is CCOC(=O)CCSCCCC(N)C(=O)OCC. The standard InChI is InChI=1S/C12H23NO4S/c1-3-16-11(14)7-9-18-8-5-6-10(13)12(15)17-4-2/h10H,3-9,13H2,1-2H3. The zero-order valence-corrected chi connectivity index (χ0v) is 12.0. The quantitative estimate of drug-likeness (QED) is 0.479. The maximum absolute atomic E-state index is 11.2. The van der Waals surface area contributed by atoms with E-state index in [1.807, 2.05) is 0 Å². The molecule has 106 valence electrons. The molecule has 2 N–H and O–H groups in total. The Morgan fingerprint density at radius 3 is 2.44 bits per heavy atom. The third kappa shape index (κ3) is 9.30. The summed E-state index contributed by atoms with van der Waals surface area (Å²) < 4.78 is 9.62. The summed E-state index contributed by atoms with van der Waals surface area (Å²) in [5.74, 6) is 1.13. The molecule has 0 bridgehead atoms. The van der Waals surface area contributed by atoms with E-state index >= 15 is 0 Å². The molecule has 5 nitrogen and oxygen atoms in total. The van der Waals surface area contributed by atoms with Crippen LogP contribution in [0.2, 0.25) is 0 Å². The molecule has 0 aromatic heterocycles. The van der Waals surface area contributed by atoms with Gasteiger partial charge < -0.3 is 15.2 Å². The fourth-order valence-corrected chi connectivity index (χ4v) is 2.15. The molecule has 1 unspecified atom stereocenters. The van der Waals surface area contributed by atoms with E-state index in [1.165, 1.54) is 0 Å². The molecule has 0 aliphatic carbocycles. The van der Waals surface area contributed by atoms with Crippen molar-refractivity contribution < 1.29 is 19.1 Å². The van der Waals surface area contributed by atoms with Crippen LogP contribution in [-0.2, 0) is 19.1 Å². The molecule has 1 atom stereocenters. The van der Waals surface area contributed by atoms with Crippen LogP contribution in [0.3, 0.4) is 0 Å². The minimum absolute atomic E-state index is 0.159. The molecule has 0 aromatic carbocycles. The predicted molar refractivity (Wildman–Crippen MR) is 72.4 cm³/mol. The Morgan fingerprint density at radius 2 is 1.83 bits per heavy atom. The topological polar surface area (TPSA) is 78.6 Å². The van der Waals surface area contributed by atoms with E-state index in [9.17, 15) is 9.59 Å². The molecule has 0 aliphatic rings. The Hall–Kier alpha value is -0.750. The molecule has 0 fully saturated rings. The van der Waals surface area contributed by atoms with Gasteiger partial charge in [0.15, 0.2) is 0 Å². The van der Waals surface area contributed by atoms with Crippen molar-refractivity contribution in [3.8, 4) is 0 Å². The van der Waals surface area contributed by atoms with E-state index in [-0.39, 0.29) is 11.9 Å². The van der Waals surface area contributed by atoms with E-state index in [0.717, 1.165) is 17.9 Å². The molecule has 0 amide bonds. The Labute approximate surface area is 113 Å². The van der Waals surface area contributed by atoms with Crippen LogP contribution in [-0.4, -0.2) is 42.7 Å². The number of hydrogen-bond donors (Lipinski definition) is 1. The molecule has 0 saturated heterocycles. The number of hydrogen-bond acceptors (Lipinski definition) is 6. The predicted octanol–water partition coefficient (Wildman–Crippen LogP) is 1.34. The minimum Gasteiger partial charge on any atom is -0.466 e. The number of ether oxygens (including phenoxy) is 2. The van der Waals surface area contributed by atoms with Gasteiger partial charge in [0.25, 0.3) is 0 Å². The summed E-state index contributed by atoms with van der Waals surface area (Å²) >= 11 is 1.67. The lowest BCUT2D eigenvalue weighted by molar-refractivity contribution is -0.145. The summed E-state index contributed by atoms with van der Waals surface area (Å²) in [5.41, 5.74) is 5.65. The van der Waals surface area contributed by atoms with Crippen molar-refractivity contribution in [2.75, 3.05) is 24.7 Å². The highest BCUT2D eigenvalue weighted by atomic mass is 32.2. The maximum atomic E-state index is 11.2. The van der Waals surface area contributed by atoms with Gasteiger partial charge in [0.05, 0.1) is 19.6 Å². The van der Waals surface area contributed by atoms with Gasteiger partial charge in [-0.3, -0.25) is 9.59 Å². The second-order valence-electron chi connectivity index (χ2n) is 3.67. The van der Waals surface area contributed by atoms with Crippen LogP contribution in [0.15, 0.2) is 0 Å². The Morgan fingerprint density at radius 1 is 1.17 bits per heavy atom. The zero-order valence-electron chi connectivity index (χ0n) is 11.1. The highest BCUT2D eigenvalue weighted by Crippen LogP contribution is 2.08. The van der Waals surface area contributed by atoms with Gasteiger partial charge in [0.1, 0.15) is 6.04 Å². The highest BCUT2D eigenvalue weighted by molar-refractivity contribution is 7.99. The van der Waals surface area contributed by atoms with Crippen LogP contribution in [0.25, 0.3) is 0 Å². The molecule has 0 aliphatic heterocycles. The minimum atomic E-state index is -0.532. The molecule has 18 heavy (non-hydrogen) atoms. The molecule has 0 radical (unpaired) electrons. The summed E-state index contributed by atoms with van der Waals surface area (Å²) in [5, 5.41) is 0. The van der Waals surface area contributed by atoms with Crippen LogP contribution >= 0.6 is 11.8 Å². The fourth-order valence-electron chi connectivity index (χ4n) is 1.26. The summed E-state index contributed by atoms with van der Waals surface area (Å²) in [6, 6.07) is -0.532. The molecule has 0 heterocycles. The van der Waals surface area contributed by atoms with Gasteiger partial charge in [-0.2, -0.15) is 11.8 Å². The number of esters is 2. The first-order valence-corrected chi connectivity index (χ1v) is 7.42. The second kappa shape index (κ2) is 11.3. The van der Waals surface area contributed by atoms with E-state index in [2.05, 4.69) is 0 Å². The van der Waals surface area contributed by atoms with Gasteiger partial charge in [-0.05, 0) is 32.4 Å². The van der Waals surface area contributed by atoms with Crippen LogP contribution in [0, 0.1) is 0 Å².